The Morgan fingerprint density at radius 2 is 1.88 bits per heavy atom. The standard InChI is InChI=1S/C27H29N3O3/c1-28-26(32)27(17-21-6-3-4-8-24(21)22-7-5-14-29-18-22)13-15-30(19-27)25(31)16-20-9-11-23(33-2)12-10-20/h3-12,14,18H,13,15-17,19H2,1-2H3,(H,28,32)/t27-/m0/s1. The van der Waals surface area contributed by atoms with Crippen molar-refractivity contribution in [1.29, 1.82) is 0 Å². The Hall–Kier alpha value is -3.67. The number of likely N-dealkylation sites (tertiary alicyclic amines) is 1. The van der Waals surface area contributed by atoms with Gasteiger partial charge >= 0.3 is 0 Å². The predicted octanol–water partition coefficient (Wildman–Crippen LogP) is 3.51. The van der Waals surface area contributed by atoms with Crippen LogP contribution in [0.25, 0.3) is 11.1 Å². The molecule has 0 unspecified atom stereocenters. The van der Waals surface area contributed by atoms with Gasteiger partial charge in [-0.25, -0.2) is 0 Å². The Morgan fingerprint density at radius 1 is 1.09 bits per heavy atom. The minimum absolute atomic E-state index is 0.0248. The smallest absolute Gasteiger partial charge is 0.228 e. The third-order valence-electron chi connectivity index (χ3n) is 6.45. The number of nitrogens with zero attached hydrogens (tertiary/aromatic N) is 2. The molecule has 0 bridgehead atoms. The molecule has 3 aromatic rings. The van der Waals surface area contributed by atoms with Gasteiger partial charge in [-0.05, 0) is 47.7 Å². The number of pyridine rings is 1. The Balaban J connectivity index is 1.55. The van der Waals surface area contributed by atoms with Gasteiger partial charge in [0.1, 0.15) is 5.75 Å². The molecule has 2 heterocycles. The molecule has 0 spiro atoms. The van der Waals surface area contributed by atoms with E-state index < -0.39 is 5.41 Å². The maximum absolute atomic E-state index is 13.1. The van der Waals surface area contributed by atoms with Gasteiger partial charge in [-0.2, -0.15) is 0 Å². The second-order valence-corrected chi connectivity index (χ2v) is 8.53. The minimum atomic E-state index is -0.664. The first-order valence-electron chi connectivity index (χ1n) is 11.2. The minimum Gasteiger partial charge on any atom is -0.497 e. The highest BCUT2D eigenvalue weighted by Gasteiger charge is 2.45. The van der Waals surface area contributed by atoms with Crippen LogP contribution in [0.4, 0.5) is 0 Å². The van der Waals surface area contributed by atoms with Crippen LogP contribution in [0.15, 0.2) is 73.1 Å². The molecule has 1 aromatic heterocycles. The average Bonchev–Trinajstić information content (AvgIpc) is 3.30. The van der Waals surface area contributed by atoms with Gasteiger partial charge < -0.3 is 15.0 Å². The zero-order valence-electron chi connectivity index (χ0n) is 19.1. The average molecular weight is 444 g/mol. The number of amides is 2. The second-order valence-electron chi connectivity index (χ2n) is 8.53. The molecule has 1 aliphatic heterocycles. The van der Waals surface area contributed by atoms with Gasteiger partial charge in [-0.15, -0.1) is 0 Å². The number of carbonyl (C=O) groups excluding carboxylic acids is 2. The van der Waals surface area contributed by atoms with Crippen molar-refractivity contribution in [2.45, 2.75) is 19.3 Å². The van der Waals surface area contributed by atoms with Crippen molar-refractivity contribution in [3.63, 3.8) is 0 Å². The molecule has 1 saturated heterocycles. The van der Waals surface area contributed by atoms with Crippen LogP contribution in [-0.4, -0.2) is 48.9 Å². The van der Waals surface area contributed by atoms with E-state index in [2.05, 4.69) is 22.4 Å². The SMILES string of the molecule is CNC(=O)[C@]1(Cc2ccccc2-c2cccnc2)CCN(C(=O)Cc2ccc(OC)cc2)C1. The summed E-state index contributed by atoms with van der Waals surface area (Å²) in [5, 5.41) is 2.85. The van der Waals surface area contributed by atoms with E-state index in [0.29, 0.717) is 32.4 Å². The molecule has 6 heteroatoms. The zero-order chi connectivity index (χ0) is 23.3. The lowest BCUT2D eigenvalue weighted by atomic mass is 9.78. The van der Waals surface area contributed by atoms with E-state index in [1.165, 1.54) is 0 Å². The number of rotatable bonds is 7. The van der Waals surface area contributed by atoms with E-state index in [1.807, 2.05) is 59.6 Å². The Kier molecular flexibility index (Phi) is 6.73. The van der Waals surface area contributed by atoms with Crippen molar-refractivity contribution < 1.29 is 14.3 Å². The van der Waals surface area contributed by atoms with Crippen LogP contribution < -0.4 is 10.1 Å². The topological polar surface area (TPSA) is 71.5 Å². The molecule has 2 aromatic carbocycles. The third-order valence-corrected chi connectivity index (χ3v) is 6.45. The summed E-state index contributed by atoms with van der Waals surface area (Å²) >= 11 is 0. The van der Waals surface area contributed by atoms with Crippen LogP contribution in [0.3, 0.4) is 0 Å². The number of ether oxygens (including phenoxy) is 1. The summed E-state index contributed by atoms with van der Waals surface area (Å²) in [4.78, 5) is 32.2. The fourth-order valence-electron chi connectivity index (χ4n) is 4.63. The van der Waals surface area contributed by atoms with Crippen LogP contribution >= 0.6 is 0 Å². The van der Waals surface area contributed by atoms with Crippen molar-refractivity contribution >= 4 is 11.8 Å². The summed E-state index contributed by atoms with van der Waals surface area (Å²) < 4.78 is 5.19. The highest BCUT2D eigenvalue weighted by molar-refractivity contribution is 5.86. The largest absolute Gasteiger partial charge is 0.497 e. The molecular weight excluding hydrogens is 414 g/mol. The highest BCUT2D eigenvalue weighted by atomic mass is 16.5. The first-order chi connectivity index (χ1) is 16.0. The molecule has 4 rings (SSSR count). The fraction of sp³-hybridized carbons (Fsp3) is 0.296. The predicted molar refractivity (Wildman–Crippen MR) is 128 cm³/mol. The van der Waals surface area contributed by atoms with Crippen molar-refractivity contribution in [3.05, 3.63) is 84.2 Å². The van der Waals surface area contributed by atoms with Crippen molar-refractivity contribution in [2.75, 3.05) is 27.2 Å². The summed E-state index contributed by atoms with van der Waals surface area (Å²) in [6.07, 6.45) is 5.08. The van der Waals surface area contributed by atoms with Gasteiger partial charge in [0, 0.05) is 38.1 Å². The van der Waals surface area contributed by atoms with Crippen molar-refractivity contribution in [1.82, 2.24) is 15.2 Å². The molecule has 0 saturated carbocycles. The van der Waals surface area contributed by atoms with Crippen molar-refractivity contribution in [3.8, 4) is 16.9 Å². The van der Waals surface area contributed by atoms with E-state index in [9.17, 15) is 9.59 Å². The third kappa shape index (κ3) is 4.90. The maximum Gasteiger partial charge on any atom is 0.228 e. The summed E-state index contributed by atoms with van der Waals surface area (Å²) in [5.41, 5.74) is 3.43. The first-order valence-corrected chi connectivity index (χ1v) is 11.2. The van der Waals surface area contributed by atoms with E-state index in [4.69, 9.17) is 4.74 Å². The molecule has 0 aliphatic carbocycles. The summed E-state index contributed by atoms with van der Waals surface area (Å²) in [5.74, 6) is 0.771. The van der Waals surface area contributed by atoms with E-state index >= 15 is 0 Å². The molecule has 1 aliphatic rings. The van der Waals surface area contributed by atoms with Crippen LogP contribution in [0.1, 0.15) is 17.5 Å². The molecule has 2 amide bonds. The summed E-state index contributed by atoms with van der Waals surface area (Å²) in [7, 11) is 3.29. The number of aromatic nitrogens is 1. The zero-order valence-corrected chi connectivity index (χ0v) is 19.1. The number of benzene rings is 2. The van der Waals surface area contributed by atoms with Crippen molar-refractivity contribution in [2.24, 2.45) is 5.41 Å². The van der Waals surface area contributed by atoms with Gasteiger partial charge in [0.2, 0.25) is 11.8 Å². The molecule has 0 radical (unpaired) electrons. The molecular formula is C27H29N3O3. The van der Waals surface area contributed by atoms with Gasteiger partial charge in [0.05, 0.1) is 18.9 Å². The number of nitrogens with one attached hydrogen (secondary N) is 1. The molecule has 1 fully saturated rings. The van der Waals surface area contributed by atoms with Gasteiger partial charge in [-0.1, -0.05) is 42.5 Å². The van der Waals surface area contributed by atoms with Gasteiger partial charge in [0.25, 0.3) is 0 Å². The summed E-state index contributed by atoms with van der Waals surface area (Å²) in [6.45, 7) is 0.973. The van der Waals surface area contributed by atoms with Crippen LogP contribution in [0.2, 0.25) is 0 Å². The quantitative estimate of drug-likeness (QED) is 0.607. The second kappa shape index (κ2) is 9.86. The molecule has 33 heavy (non-hydrogen) atoms. The first kappa shape index (κ1) is 22.5. The molecule has 6 nitrogen and oxygen atoms in total. The lowest BCUT2D eigenvalue weighted by molar-refractivity contribution is -0.132. The van der Waals surface area contributed by atoms with Crippen LogP contribution in [0, 0.1) is 5.41 Å². The number of hydrogen-bond donors (Lipinski definition) is 1. The number of methoxy groups -OCH3 is 1. The van der Waals surface area contributed by atoms with Gasteiger partial charge in [-0.3, -0.25) is 14.6 Å². The molecule has 1 atom stereocenters. The monoisotopic (exact) mass is 443 g/mol. The molecule has 170 valence electrons. The van der Waals surface area contributed by atoms with Crippen LogP contribution in [-0.2, 0) is 22.4 Å². The van der Waals surface area contributed by atoms with Gasteiger partial charge in [0.15, 0.2) is 0 Å². The maximum atomic E-state index is 13.1. The van der Waals surface area contributed by atoms with E-state index in [1.54, 1.807) is 20.4 Å². The Morgan fingerprint density at radius 3 is 2.58 bits per heavy atom. The highest BCUT2D eigenvalue weighted by Crippen LogP contribution is 2.37. The lowest BCUT2D eigenvalue weighted by Gasteiger charge is -2.28. The van der Waals surface area contributed by atoms with E-state index in [0.717, 1.165) is 28.0 Å². The Labute approximate surface area is 194 Å². The number of carbonyl (C=O) groups is 2. The number of hydrogen-bond acceptors (Lipinski definition) is 4. The summed E-state index contributed by atoms with van der Waals surface area (Å²) in [6, 6.07) is 19.6. The fourth-order valence-corrected chi connectivity index (χ4v) is 4.63. The normalized spacial score (nSPS) is 17.6. The Bertz CT molecular complexity index is 1110. The van der Waals surface area contributed by atoms with Crippen LogP contribution in [0.5, 0.6) is 5.75 Å². The van der Waals surface area contributed by atoms with E-state index in [-0.39, 0.29) is 11.8 Å². The lowest BCUT2D eigenvalue weighted by Crippen LogP contribution is -2.44. The molecule has 1 N–H and O–H groups in total.